The van der Waals surface area contributed by atoms with Crippen molar-refractivity contribution in [1.82, 2.24) is 9.88 Å². The first-order chi connectivity index (χ1) is 15.2. The molecule has 1 aliphatic rings. The minimum absolute atomic E-state index is 0.240. The Morgan fingerprint density at radius 3 is 2.71 bits per heavy atom. The van der Waals surface area contributed by atoms with Gasteiger partial charge in [0.25, 0.3) is 0 Å². The van der Waals surface area contributed by atoms with Gasteiger partial charge in [-0.3, -0.25) is 9.88 Å². The first-order valence-electron chi connectivity index (χ1n) is 10.5. The number of halogens is 1. The minimum Gasteiger partial charge on any atom is -0.355 e. The lowest BCUT2D eigenvalue weighted by Crippen LogP contribution is -2.30. The van der Waals surface area contributed by atoms with Gasteiger partial charge in [0.2, 0.25) is 0 Å². The summed E-state index contributed by atoms with van der Waals surface area (Å²) in [6.45, 7) is 6.95. The standard InChI is InChI=1S/C27H24FN3/c1-19(20-9-11-23(28)12-10-20)30-27-8-4-5-21-17-31(16-14-25(21)27)18-22-13-15-29-26-7-3-2-6-24(22)26/h2-13,15,30H,1,14,16-18H2. The maximum atomic E-state index is 13.2. The van der Waals surface area contributed by atoms with E-state index >= 15 is 0 Å². The number of nitrogens with one attached hydrogen (secondary N) is 1. The van der Waals surface area contributed by atoms with Crippen molar-refractivity contribution in [2.24, 2.45) is 0 Å². The highest BCUT2D eigenvalue weighted by molar-refractivity contribution is 5.81. The first-order valence-corrected chi connectivity index (χ1v) is 10.5. The second-order valence-electron chi connectivity index (χ2n) is 8.00. The molecule has 31 heavy (non-hydrogen) atoms. The number of nitrogens with zero attached hydrogens (tertiary/aromatic N) is 2. The third-order valence-corrected chi connectivity index (χ3v) is 5.96. The Hall–Kier alpha value is -3.50. The molecule has 5 rings (SSSR count). The van der Waals surface area contributed by atoms with Crippen LogP contribution in [-0.2, 0) is 19.5 Å². The van der Waals surface area contributed by atoms with E-state index in [1.54, 1.807) is 12.1 Å². The molecule has 2 heterocycles. The third-order valence-electron chi connectivity index (χ3n) is 5.96. The van der Waals surface area contributed by atoms with Gasteiger partial charge in [0.15, 0.2) is 0 Å². The molecule has 0 unspecified atom stereocenters. The van der Waals surface area contributed by atoms with E-state index in [4.69, 9.17) is 0 Å². The molecular weight excluding hydrogens is 385 g/mol. The maximum absolute atomic E-state index is 13.2. The highest BCUT2D eigenvalue weighted by atomic mass is 19.1. The zero-order valence-corrected chi connectivity index (χ0v) is 17.3. The molecule has 0 saturated heterocycles. The lowest BCUT2D eigenvalue weighted by atomic mass is 9.96. The number of pyridine rings is 1. The Balaban J connectivity index is 1.34. The summed E-state index contributed by atoms with van der Waals surface area (Å²) >= 11 is 0. The van der Waals surface area contributed by atoms with Crippen LogP contribution in [0.2, 0.25) is 0 Å². The molecule has 0 fully saturated rings. The highest BCUT2D eigenvalue weighted by Gasteiger charge is 2.20. The first kappa shape index (κ1) is 19.5. The van der Waals surface area contributed by atoms with E-state index in [0.29, 0.717) is 0 Å². The Morgan fingerprint density at radius 1 is 1.00 bits per heavy atom. The summed E-state index contributed by atoms with van der Waals surface area (Å²) < 4.78 is 13.2. The van der Waals surface area contributed by atoms with Crippen LogP contribution in [-0.4, -0.2) is 16.4 Å². The molecule has 0 amide bonds. The van der Waals surface area contributed by atoms with E-state index in [-0.39, 0.29) is 5.82 Å². The molecular formula is C27H24FN3. The van der Waals surface area contributed by atoms with E-state index in [1.165, 1.54) is 34.2 Å². The summed E-state index contributed by atoms with van der Waals surface area (Å²) in [6.07, 6.45) is 2.87. The quantitative estimate of drug-likeness (QED) is 0.437. The minimum atomic E-state index is -0.240. The van der Waals surface area contributed by atoms with E-state index in [2.05, 4.69) is 64.2 Å². The number of anilines is 1. The largest absolute Gasteiger partial charge is 0.355 e. The zero-order chi connectivity index (χ0) is 21.2. The topological polar surface area (TPSA) is 28.2 Å². The summed E-state index contributed by atoms with van der Waals surface area (Å²) in [5.74, 6) is -0.240. The number of hydrogen-bond acceptors (Lipinski definition) is 3. The fourth-order valence-electron chi connectivity index (χ4n) is 4.34. The molecule has 4 aromatic rings. The fourth-order valence-corrected chi connectivity index (χ4v) is 4.34. The molecule has 0 bridgehead atoms. The predicted molar refractivity (Wildman–Crippen MR) is 125 cm³/mol. The monoisotopic (exact) mass is 409 g/mol. The van der Waals surface area contributed by atoms with Crippen LogP contribution in [0.15, 0.2) is 85.6 Å². The van der Waals surface area contributed by atoms with Crippen LogP contribution in [0.1, 0.15) is 22.3 Å². The lowest BCUT2D eigenvalue weighted by molar-refractivity contribution is 0.247. The van der Waals surface area contributed by atoms with Gasteiger partial charge < -0.3 is 5.32 Å². The van der Waals surface area contributed by atoms with Crippen molar-refractivity contribution in [2.75, 3.05) is 11.9 Å². The Labute approximate surface area is 181 Å². The summed E-state index contributed by atoms with van der Waals surface area (Å²) in [5.41, 5.74) is 7.78. The van der Waals surface area contributed by atoms with Gasteiger partial charge in [0.05, 0.1) is 5.52 Å². The molecule has 3 nitrogen and oxygen atoms in total. The summed E-state index contributed by atoms with van der Waals surface area (Å²) in [6, 6.07) is 23.3. The number of hydrogen-bond donors (Lipinski definition) is 1. The molecule has 0 saturated carbocycles. The second kappa shape index (κ2) is 8.32. The smallest absolute Gasteiger partial charge is 0.123 e. The number of benzene rings is 3. The highest BCUT2D eigenvalue weighted by Crippen LogP contribution is 2.30. The summed E-state index contributed by atoms with van der Waals surface area (Å²) in [7, 11) is 0. The average Bonchev–Trinajstić information content (AvgIpc) is 2.80. The molecule has 3 aromatic carbocycles. The van der Waals surface area contributed by atoms with Crippen LogP contribution >= 0.6 is 0 Å². The fraction of sp³-hybridized carbons (Fsp3) is 0.148. The van der Waals surface area contributed by atoms with Crippen molar-refractivity contribution < 1.29 is 4.39 Å². The Bertz CT molecular complexity index is 1240. The number of rotatable bonds is 5. The number of fused-ring (bicyclic) bond motifs is 2. The Kier molecular flexibility index (Phi) is 5.23. The maximum Gasteiger partial charge on any atom is 0.123 e. The zero-order valence-electron chi connectivity index (χ0n) is 17.3. The van der Waals surface area contributed by atoms with E-state index in [0.717, 1.165) is 48.5 Å². The number of aromatic nitrogens is 1. The summed E-state index contributed by atoms with van der Waals surface area (Å²) in [4.78, 5) is 6.97. The van der Waals surface area contributed by atoms with E-state index < -0.39 is 0 Å². The molecule has 1 aromatic heterocycles. The molecule has 0 radical (unpaired) electrons. The van der Waals surface area contributed by atoms with E-state index in [1.807, 2.05) is 12.3 Å². The molecule has 0 aliphatic carbocycles. The predicted octanol–water partition coefficient (Wildman–Crippen LogP) is 6.02. The van der Waals surface area contributed by atoms with Gasteiger partial charge in [-0.1, -0.05) is 49.0 Å². The summed E-state index contributed by atoms with van der Waals surface area (Å²) in [5, 5.41) is 4.67. The molecule has 1 aliphatic heterocycles. The SMILES string of the molecule is C=C(Nc1cccc2c1CCN(Cc1ccnc3ccccc13)C2)c1ccc(F)cc1. The lowest BCUT2D eigenvalue weighted by Gasteiger charge is -2.30. The number of para-hydroxylation sites is 1. The van der Waals surface area contributed by atoms with E-state index in [9.17, 15) is 4.39 Å². The van der Waals surface area contributed by atoms with Gasteiger partial charge in [-0.2, -0.15) is 0 Å². The van der Waals surface area contributed by atoms with Crippen molar-refractivity contribution >= 4 is 22.3 Å². The molecule has 1 N–H and O–H groups in total. The normalized spacial score (nSPS) is 13.7. The second-order valence-corrected chi connectivity index (χ2v) is 8.00. The van der Waals surface area contributed by atoms with Gasteiger partial charge in [0.1, 0.15) is 5.82 Å². The van der Waals surface area contributed by atoms with Crippen LogP contribution < -0.4 is 5.32 Å². The van der Waals surface area contributed by atoms with Gasteiger partial charge >= 0.3 is 0 Å². The van der Waals surface area contributed by atoms with Gasteiger partial charge in [-0.25, -0.2) is 4.39 Å². The van der Waals surface area contributed by atoms with Crippen molar-refractivity contribution in [3.05, 3.63) is 114 Å². The van der Waals surface area contributed by atoms with Crippen molar-refractivity contribution in [2.45, 2.75) is 19.5 Å². The van der Waals surface area contributed by atoms with Crippen LogP contribution in [0.3, 0.4) is 0 Å². The molecule has 4 heteroatoms. The van der Waals surface area contributed by atoms with Crippen LogP contribution in [0.5, 0.6) is 0 Å². The van der Waals surface area contributed by atoms with Crippen LogP contribution in [0, 0.1) is 5.82 Å². The van der Waals surface area contributed by atoms with Crippen LogP contribution in [0.4, 0.5) is 10.1 Å². The Morgan fingerprint density at radius 2 is 1.84 bits per heavy atom. The van der Waals surface area contributed by atoms with Crippen molar-refractivity contribution in [3.8, 4) is 0 Å². The van der Waals surface area contributed by atoms with Gasteiger partial charge in [-0.05, 0) is 59.0 Å². The van der Waals surface area contributed by atoms with Crippen LogP contribution in [0.25, 0.3) is 16.6 Å². The molecule has 154 valence electrons. The average molecular weight is 410 g/mol. The molecule has 0 spiro atoms. The third kappa shape index (κ3) is 4.07. The van der Waals surface area contributed by atoms with Crippen molar-refractivity contribution in [3.63, 3.8) is 0 Å². The van der Waals surface area contributed by atoms with Gasteiger partial charge in [0, 0.05) is 42.6 Å². The van der Waals surface area contributed by atoms with Gasteiger partial charge in [-0.15, -0.1) is 0 Å². The molecule has 0 atom stereocenters. The van der Waals surface area contributed by atoms with Crippen molar-refractivity contribution in [1.29, 1.82) is 0 Å².